The van der Waals surface area contributed by atoms with Crippen molar-refractivity contribution in [2.45, 2.75) is 19.3 Å². The average Bonchev–Trinajstić information content (AvgIpc) is 2.40. The summed E-state index contributed by atoms with van der Waals surface area (Å²) in [4.78, 5) is 25.4. The molecule has 1 aromatic carbocycles. The van der Waals surface area contributed by atoms with E-state index in [-0.39, 0.29) is 23.9 Å². The zero-order valence-electron chi connectivity index (χ0n) is 10.3. The van der Waals surface area contributed by atoms with E-state index in [1.807, 2.05) is 0 Å². The molecule has 0 radical (unpaired) electrons. The van der Waals surface area contributed by atoms with Gasteiger partial charge in [0.2, 0.25) is 5.91 Å². The molecule has 1 amide bonds. The molecular formula is C14H13FN2O2. The molecule has 98 valence electrons. The molecule has 0 spiro atoms. The van der Waals surface area contributed by atoms with Gasteiger partial charge in [0.05, 0.1) is 18.4 Å². The highest BCUT2D eigenvalue weighted by atomic mass is 19.1. The number of nitrogens with zero attached hydrogens (tertiary/aromatic N) is 2. The van der Waals surface area contributed by atoms with Gasteiger partial charge in [0.25, 0.3) is 0 Å². The third-order valence-electron chi connectivity index (χ3n) is 3.22. The number of anilines is 1. The number of halogens is 1. The summed E-state index contributed by atoms with van der Waals surface area (Å²) in [7, 11) is 0. The highest BCUT2D eigenvalue weighted by Gasteiger charge is 2.34. The van der Waals surface area contributed by atoms with Gasteiger partial charge < -0.3 is 4.90 Å². The predicted octanol–water partition coefficient (Wildman–Crippen LogP) is 2.05. The molecule has 19 heavy (non-hydrogen) atoms. The second kappa shape index (κ2) is 5.61. The maximum absolute atomic E-state index is 12.9. The molecule has 1 saturated heterocycles. The van der Waals surface area contributed by atoms with Gasteiger partial charge in [-0.15, -0.1) is 0 Å². The fraction of sp³-hybridized carbons (Fsp3) is 0.357. The van der Waals surface area contributed by atoms with E-state index in [0.717, 1.165) is 0 Å². The van der Waals surface area contributed by atoms with Crippen molar-refractivity contribution in [2.75, 3.05) is 11.4 Å². The van der Waals surface area contributed by atoms with Crippen molar-refractivity contribution < 1.29 is 14.0 Å². The zero-order chi connectivity index (χ0) is 13.8. The SMILES string of the molecule is N#CCC(=O)C1CCCN(c2ccc(F)cc2)C1=O. The van der Waals surface area contributed by atoms with Crippen LogP contribution in [0.2, 0.25) is 0 Å². The standard InChI is InChI=1S/C14H13FN2O2/c15-10-3-5-11(6-4-10)17-9-1-2-12(14(17)19)13(18)7-8-16/h3-6,12H,1-2,7,9H2. The number of piperidine rings is 1. The molecule has 1 aromatic rings. The molecule has 1 aliphatic heterocycles. The Hall–Kier alpha value is -2.22. The van der Waals surface area contributed by atoms with E-state index in [4.69, 9.17) is 5.26 Å². The first kappa shape index (κ1) is 13.2. The molecule has 0 aliphatic carbocycles. The van der Waals surface area contributed by atoms with Crippen molar-refractivity contribution >= 4 is 17.4 Å². The second-order valence-electron chi connectivity index (χ2n) is 4.46. The molecule has 1 aliphatic rings. The molecule has 1 fully saturated rings. The van der Waals surface area contributed by atoms with E-state index in [1.165, 1.54) is 29.2 Å². The minimum atomic E-state index is -0.738. The molecule has 0 N–H and O–H groups in total. The number of hydrogen-bond donors (Lipinski definition) is 0. The molecule has 4 nitrogen and oxygen atoms in total. The fourth-order valence-electron chi connectivity index (χ4n) is 2.25. The number of hydrogen-bond acceptors (Lipinski definition) is 3. The Bertz CT molecular complexity index is 533. The Labute approximate surface area is 110 Å². The predicted molar refractivity (Wildman–Crippen MR) is 66.7 cm³/mol. The average molecular weight is 260 g/mol. The number of carbonyl (C=O) groups excluding carboxylic acids is 2. The minimum Gasteiger partial charge on any atom is -0.312 e. The molecule has 5 heteroatoms. The lowest BCUT2D eigenvalue weighted by atomic mass is 9.91. The van der Waals surface area contributed by atoms with Crippen LogP contribution in [0.15, 0.2) is 24.3 Å². The van der Waals surface area contributed by atoms with Crippen molar-refractivity contribution in [1.82, 2.24) is 0 Å². The van der Waals surface area contributed by atoms with Crippen LogP contribution in [-0.2, 0) is 9.59 Å². The largest absolute Gasteiger partial charge is 0.312 e. The van der Waals surface area contributed by atoms with Crippen LogP contribution in [0.25, 0.3) is 0 Å². The van der Waals surface area contributed by atoms with Crippen LogP contribution in [0, 0.1) is 23.1 Å². The van der Waals surface area contributed by atoms with Crippen molar-refractivity contribution in [3.63, 3.8) is 0 Å². The Kier molecular flexibility index (Phi) is 3.91. The second-order valence-corrected chi connectivity index (χ2v) is 4.46. The number of Topliss-reactive ketones (excluding diaryl/α,β-unsaturated/α-hetero) is 1. The molecule has 1 atom stereocenters. The monoisotopic (exact) mass is 260 g/mol. The van der Waals surface area contributed by atoms with E-state index in [1.54, 1.807) is 6.07 Å². The summed E-state index contributed by atoms with van der Waals surface area (Å²) in [5, 5.41) is 8.53. The van der Waals surface area contributed by atoms with Gasteiger partial charge in [-0.05, 0) is 37.1 Å². The lowest BCUT2D eigenvalue weighted by Crippen LogP contribution is -2.44. The van der Waals surface area contributed by atoms with E-state index in [9.17, 15) is 14.0 Å². The lowest BCUT2D eigenvalue weighted by Gasteiger charge is -2.31. The normalized spacial score (nSPS) is 19.1. The Morgan fingerprint density at radius 3 is 2.74 bits per heavy atom. The van der Waals surface area contributed by atoms with Gasteiger partial charge in [0, 0.05) is 12.2 Å². The number of nitriles is 1. The summed E-state index contributed by atoms with van der Waals surface area (Å²) in [6.45, 7) is 0.515. The first-order valence-electron chi connectivity index (χ1n) is 6.10. The first-order valence-corrected chi connectivity index (χ1v) is 6.10. The number of carbonyl (C=O) groups is 2. The molecule has 0 saturated carbocycles. The van der Waals surface area contributed by atoms with Crippen molar-refractivity contribution in [2.24, 2.45) is 5.92 Å². The zero-order valence-corrected chi connectivity index (χ0v) is 10.3. The molecular weight excluding hydrogens is 247 g/mol. The summed E-state index contributed by atoms with van der Waals surface area (Å²) in [5.41, 5.74) is 0.584. The van der Waals surface area contributed by atoms with E-state index < -0.39 is 5.92 Å². The fourth-order valence-corrected chi connectivity index (χ4v) is 2.25. The third-order valence-corrected chi connectivity index (χ3v) is 3.22. The number of benzene rings is 1. The summed E-state index contributed by atoms with van der Waals surface area (Å²) in [5.74, 6) is -1.74. The summed E-state index contributed by atoms with van der Waals surface area (Å²) >= 11 is 0. The van der Waals surface area contributed by atoms with Crippen molar-refractivity contribution in [3.8, 4) is 6.07 Å². The summed E-state index contributed by atoms with van der Waals surface area (Å²) in [6, 6.07) is 7.38. The molecule has 1 heterocycles. The quantitative estimate of drug-likeness (QED) is 0.781. The maximum atomic E-state index is 12.9. The molecule has 2 rings (SSSR count). The van der Waals surface area contributed by atoms with Gasteiger partial charge in [-0.3, -0.25) is 9.59 Å². The van der Waals surface area contributed by atoms with Crippen LogP contribution >= 0.6 is 0 Å². The number of amides is 1. The van der Waals surface area contributed by atoms with Crippen LogP contribution in [0.1, 0.15) is 19.3 Å². The van der Waals surface area contributed by atoms with Crippen molar-refractivity contribution in [3.05, 3.63) is 30.1 Å². The van der Waals surface area contributed by atoms with Crippen LogP contribution in [0.5, 0.6) is 0 Å². The van der Waals surface area contributed by atoms with E-state index in [2.05, 4.69) is 0 Å². The van der Waals surface area contributed by atoms with Gasteiger partial charge in [-0.2, -0.15) is 5.26 Å². The van der Waals surface area contributed by atoms with Crippen molar-refractivity contribution in [1.29, 1.82) is 5.26 Å². The Morgan fingerprint density at radius 2 is 2.11 bits per heavy atom. The smallest absolute Gasteiger partial charge is 0.237 e. The van der Waals surface area contributed by atoms with Gasteiger partial charge in [-0.1, -0.05) is 0 Å². The first-order chi connectivity index (χ1) is 9.13. The van der Waals surface area contributed by atoms with E-state index in [0.29, 0.717) is 25.1 Å². The van der Waals surface area contributed by atoms with Gasteiger partial charge >= 0.3 is 0 Å². The maximum Gasteiger partial charge on any atom is 0.237 e. The third kappa shape index (κ3) is 2.79. The van der Waals surface area contributed by atoms with Crippen LogP contribution in [0.4, 0.5) is 10.1 Å². The lowest BCUT2D eigenvalue weighted by molar-refractivity contribution is -0.133. The molecule has 0 aromatic heterocycles. The van der Waals surface area contributed by atoms with Crippen LogP contribution in [-0.4, -0.2) is 18.2 Å². The van der Waals surface area contributed by atoms with Crippen LogP contribution < -0.4 is 4.90 Å². The Balaban J connectivity index is 2.19. The Morgan fingerprint density at radius 1 is 1.42 bits per heavy atom. The van der Waals surface area contributed by atoms with Crippen LogP contribution in [0.3, 0.4) is 0 Å². The highest BCUT2D eigenvalue weighted by molar-refractivity contribution is 6.09. The highest BCUT2D eigenvalue weighted by Crippen LogP contribution is 2.25. The summed E-state index contributed by atoms with van der Waals surface area (Å²) < 4.78 is 12.9. The van der Waals surface area contributed by atoms with Gasteiger partial charge in [0.1, 0.15) is 5.82 Å². The topological polar surface area (TPSA) is 61.2 Å². The van der Waals surface area contributed by atoms with E-state index >= 15 is 0 Å². The summed E-state index contributed by atoms with van der Waals surface area (Å²) in [6.07, 6.45) is 0.940. The number of rotatable bonds is 3. The minimum absolute atomic E-state index is 0.242. The van der Waals surface area contributed by atoms with Gasteiger partial charge in [-0.25, -0.2) is 4.39 Å². The van der Waals surface area contributed by atoms with Gasteiger partial charge in [0.15, 0.2) is 5.78 Å². The molecule has 0 bridgehead atoms. The molecule has 1 unspecified atom stereocenters. The number of ketones is 1.